The molecule has 0 bridgehead atoms. The second-order valence-electron chi connectivity index (χ2n) is 4.15. The number of rotatable bonds is 1. The van der Waals surface area contributed by atoms with E-state index >= 15 is 0 Å². The van der Waals surface area contributed by atoms with Gasteiger partial charge in [0.05, 0.1) is 6.20 Å². The van der Waals surface area contributed by atoms with E-state index in [9.17, 15) is 5.11 Å². The van der Waals surface area contributed by atoms with Crippen LogP contribution in [0.5, 0.6) is 5.75 Å². The van der Waals surface area contributed by atoms with Crippen molar-refractivity contribution in [1.29, 1.82) is 0 Å². The fourth-order valence-electron chi connectivity index (χ4n) is 2.37. The molecular formula is C12H13N3O. The minimum Gasteiger partial charge on any atom is -0.507 e. The first kappa shape index (κ1) is 9.27. The van der Waals surface area contributed by atoms with Crippen LogP contribution in [0, 0.1) is 0 Å². The number of hydrogen-bond acceptors (Lipinski definition) is 3. The SMILES string of the molecule is Nc1[nH]ncc1-c1ccc2c(c1O)CCC2. The molecule has 0 aliphatic heterocycles. The zero-order valence-electron chi connectivity index (χ0n) is 8.83. The van der Waals surface area contributed by atoms with E-state index in [0.717, 1.165) is 36.0 Å². The monoisotopic (exact) mass is 215 g/mol. The van der Waals surface area contributed by atoms with Crippen molar-refractivity contribution >= 4 is 5.82 Å². The van der Waals surface area contributed by atoms with Gasteiger partial charge < -0.3 is 10.8 Å². The molecule has 1 aromatic heterocycles. The summed E-state index contributed by atoms with van der Waals surface area (Å²) in [6.07, 6.45) is 4.77. The molecule has 0 radical (unpaired) electrons. The van der Waals surface area contributed by atoms with Gasteiger partial charge in [-0.15, -0.1) is 0 Å². The molecule has 4 N–H and O–H groups in total. The van der Waals surface area contributed by atoms with Gasteiger partial charge in [-0.25, -0.2) is 0 Å². The van der Waals surface area contributed by atoms with Crippen LogP contribution in [0.2, 0.25) is 0 Å². The van der Waals surface area contributed by atoms with Crippen molar-refractivity contribution in [2.24, 2.45) is 0 Å². The highest BCUT2D eigenvalue weighted by Crippen LogP contribution is 2.39. The van der Waals surface area contributed by atoms with Crippen molar-refractivity contribution in [2.75, 3.05) is 5.73 Å². The molecule has 1 aromatic carbocycles. The number of H-pyrrole nitrogens is 1. The molecule has 82 valence electrons. The minimum absolute atomic E-state index is 0.364. The maximum atomic E-state index is 10.2. The van der Waals surface area contributed by atoms with Crippen LogP contribution in [-0.2, 0) is 12.8 Å². The van der Waals surface area contributed by atoms with E-state index in [0.29, 0.717) is 11.6 Å². The number of anilines is 1. The lowest BCUT2D eigenvalue weighted by atomic mass is 10.0. The van der Waals surface area contributed by atoms with Gasteiger partial charge in [0.15, 0.2) is 0 Å². The van der Waals surface area contributed by atoms with Gasteiger partial charge in [-0.2, -0.15) is 5.10 Å². The number of nitrogens with one attached hydrogen (secondary N) is 1. The molecule has 4 nitrogen and oxygen atoms in total. The van der Waals surface area contributed by atoms with E-state index in [4.69, 9.17) is 5.73 Å². The summed E-state index contributed by atoms with van der Waals surface area (Å²) in [5, 5.41) is 16.8. The molecule has 1 aliphatic rings. The Morgan fingerprint density at radius 3 is 2.88 bits per heavy atom. The molecule has 0 spiro atoms. The van der Waals surface area contributed by atoms with E-state index in [1.54, 1.807) is 6.20 Å². The van der Waals surface area contributed by atoms with Crippen molar-refractivity contribution in [2.45, 2.75) is 19.3 Å². The highest BCUT2D eigenvalue weighted by Gasteiger charge is 2.19. The lowest BCUT2D eigenvalue weighted by Crippen LogP contribution is -1.90. The topological polar surface area (TPSA) is 74.9 Å². The third-order valence-electron chi connectivity index (χ3n) is 3.21. The smallest absolute Gasteiger partial charge is 0.127 e. The third kappa shape index (κ3) is 1.19. The van der Waals surface area contributed by atoms with E-state index in [1.165, 1.54) is 5.56 Å². The predicted molar refractivity (Wildman–Crippen MR) is 62.1 cm³/mol. The Balaban J connectivity index is 2.20. The average molecular weight is 215 g/mol. The van der Waals surface area contributed by atoms with Crippen LogP contribution in [0.25, 0.3) is 11.1 Å². The Morgan fingerprint density at radius 1 is 1.25 bits per heavy atom. The molecule has 2 aromatic rings. The molecule has 0 amide bonds. The van der Waals surface area contributed by atoms with Gasteiger partial charge in [-0.05, 0) is 30.4 Å². The third-order valence-corrected chi connectivity index (χ3v) is 3.21. The van der Waals surface area contributed by atoms with Crippen LogP contribution in [0.1, 0.15) is 17.5 Å². The average Bonchev–Trinajstić information content (AvgIpc) is 2.88. The van der Waals surface area contributed by atoms with Gasteiger partial charge in [0, 0.05) is 11.1 Å². The molecule has 0 saturated heterocycles. The fraction of sp³-hybridized carbons (Fsp3) is 0.250. The van der Waals surface area contributed by atoms with Crippen LogP contribution < -0.4 is 5.73 Å². The van der Waals surface area contributed by atoms with Gasteiger partial charge >= 0.3 is 0 Å². The Morgan fingerprint density at radius 2 is 2.12 bits per heavy atom. The number of aromatic nitrogens is 2. The van der Waals surface area contributed by atoms with Crippen molar-refractivity contribution in [3.8, 4) is 16.9 Å². The molecule has 0 fully saturated rings. The summed E-state index contributed by atoms with van der Waals surface area (Å²) in [7, 11) is 0. The van der Waals surface area contributed by atoms with Gasteiger partial charge in [0.2, 0.25) is 0 Å². The molecule has 0 unspecified atom stereocenters. The van der Waals surface area contributed by atoms with Gasteiger partial charge in [0.1, 0.15) is 11.6 Å². The number of benzene rings is 1. The second kappa shape index (κ2) is 3.27. The highest BCUT2D eigenvalue weighted by atomic mass is 16.3. The van der Waals surface area contributed by atoms with Crippen LogP contribution >= 0.6 is 0 Å². The first-order valence-electron chi connectivity index (χ1n) is 5.40. The van der Waals surface area contributed by atoms with Crippen LogP contribution in [-0.4, -0.2) is 15.3 Å². The van der Waals surface area contributed by atoms with Crippen molar-refractivity contribution in [3.63, 3.8) is 0 Å². The Hall–Kier alpha value is -1.97. The lowest BCUT2D eigenvalue weighted by Gasteiger charge is -2.08. The number of fused-ring (bicyclic) bond motifs is 1. The number of hydrogen-bond donors (Lipinski definition) is 3. The van der Waals surface area contributed by atoms with E-state index < -0.39 is 0 Å². The van der Waals surface area contributed by atoms with Crippen LogP contribution in [0.3, 0.4) is 0 Å². The maximum Gasteiger partial charge on any atom is 0.127 e. The summed E-state index contributed by atoms with van der Waals surface area (Å²) in [6, 6.07) is 3.99. The number of phenols is 1. The largest absolute Gasteiger partial charge is 0.507 e. The number of nitrogen functional groups attached to an aromatic ring is 1. The number of aryl methyl sites for hydroxylation is 1. The van der Waals surface area contributed by atoms with Gasteiger partial charge in [-0.1, -0.05) is 12.1 Å². The normalized spacial score (nSPS) is 14.0. The Labute approximate surface area is 93.1 Å². The lowest BCUT2D eigenvalue weighted by molar-refractivity contribution is 0.471. The zero-order valence-corrected chi connectivity index (χ0v) is 8.83. The molecular weight excluding hydrogens is 202 g/mol. The molecule has 1 heterocycles. The Bertz CT molecular complexity index is 545. The molecule has 4 heteroatoms. The Kier molecular flexibility index (Phi) is 1.89. The van der Waals surface area contributed by atoms with Crippen LogP contribution in [0.4, 0.5) is 5.82 Å². The summed E-state index contributed by atoms with van der Waals surface area (Å²) >= 11 is 0. The van der Waals surface area contributed by atoms with E-state index in [2.05, 4.69) is 16.3 Å². The van der Waals surface area contributed by atoms with Crippen LogP contribution in [0.15, 0.2) is 18.3 Å². The maximum absolute atomic E-state index is 10.2. The van der Waals surface area contributed by atoms with Crippen molar-refractivity contribution in [3.05, 3.63) is 29.5 Å². The van der Waals surface area contributed by atoms with E-state index in [1.807, 2.05) is 6.07 Å². The summed E-state index contributed by atoms with van der Waals surface area (Å²) in [6.45, 7) is 0. The van der Waals surface area contributed by atoms with Gasteiger partial charge in [-0.3, -0.25) is 5.10 Å². The summed E-state index contributed by atoms with van der Waals surface area (Å²) in [4.78, 5) is 0. The second-order valence-corrected chi connectivity index (χ2v) is 4.15. The summed E-state index contributed by atoms with van der Waals surface area (Å²) in [5.41, 5.74) is 9.62. The van der Waals surface area contributed by atoms with Crippen molar-refractivity contribution < 1.29 is 5.11 Å². The standard InChI is InChI=1S/C12H13N3O/c13-12-10(6-14-15-12)9-5-4-7-2-1-3-8(7)11(9)16/h4-6,16H,1-3H2,(H3,13,14,15). The minimum atomic E-state index is 0.364. The molecule has 16 heavy (non-hydrogen) atoms. The van der Waals surface area contributed by atoms with Crippen molar-refractivity contribution in [1.82, 2.24) is 10.2 Å². The zero-order chi connectivity index (χ0) is 11.1. The molecule has 3 rings (SSSR count). The number of aromatic hydroxyl groups is 1. The summed E-state index contributed by atoms with van der Waals surface area (Å²) < 4.78 is 0. The number of phenolic OH excluding ortho intramolecular Hbond substituents is 1. The van der Waals surface area contributed by atoms with Gasteiger partial charge in [0.25, 0.3) is 0 Å². The highest BCUT2D eigenvalue weighted by molar-refractivity contribution is 5.79. The molecule has 0 atom stereocenters. The first-order chi connectivity index (χ1) is 7.77. The summed E-state index contributed by atoms with van der Waals surface area (Å²) in [5.74, 6) is 0.858. The van der Waals surface area contributed by atoms with E-state index in [-0.39, 0.29) is 0 Å². The number of nitrogens with zero attached hydrogens (tertiary/aromatic N) is 1. The number of nitrogens with two attached hydrogens (primary N) is 1. The quantitative estimate of drug-likeness (QED) is 0.679. The predicted octanol–water partition coefficient (Wildman–Crippen LogP) is 1.85. The fourth-order valence-corrected chi connectivity index (χ4v) is 2.37. The molecule has 0 saturated carbocycles. The molecule has 1 aliphatic carbocycles. The number of aromatic amines is 1. The first-order valence-corrected chi connectivity index (χ1v) is 5.40.